The lowest BCUT2D eigenvalue weighted by molar-refractivity contribution is -0.137. The van der Waals surface area contributed by atoms with Crippen molar-refractivity contribution in [2.24, 2.45) is 7.05 Å². The summed E-state index contributed by atoms with van der Waals surface area (Å²) in [6, 6.07) is 8.23. The highest BCUT2D eigenvalue weighted by molar-refractivity contribution is 9.09. The summed E-state index contributed by atoms with van der Waals surface area (Å²) >= 11 is 3.09. The Labute approximate surface area is 243 Å². The van der Waals surface area contributed by atoms with E-state index in [9.17, 15) is 31.5 Å². The van der Waals surface area contributed by atoms with Crippen LogP contribution in [0.15, 0.2) is 67.0 Å². The van der Waals surface area contributed by atoms with Crippen molar-refractivity contribution in [1.82, 2.24) is 14.2 Å². The molecule has 2 aromatic carbocycles. The van der Waals surface area contributed by atoms with Crippen LogP contribution in [0, 0.1) is 11.6 Å². The molecule has 42 heavy (non-hydrogen) atoms. The van der Waals surface area contributed by atoms with Crippen molar-refractivity contribution in [2.75, 3.05) is 17.8 Å². The molecule has 0 fully saturated rings. The van der Waals surface area contributed by atoms with Crippen LogP contribution in [0.3, 0.4) is 0 Å². The maximum atomic E-state index is 14.8. The molecule has 3 aromatic heterocycles. The fourth-order valence-corrected chi connectivity index (χ4v) is 4.97. The molecule has 7 nitrogen and oxygen atoms in total. The zero-order valence-corrected chi connectivity index (χ0v) is 23.5. The number of ether oxygens (including phenoxy) is 1. The first-order valence-corrected chi connectivity index (χ1v) is 13.4. The van der Waals surface area contributed by atoms with Crippen molar-refractivity contribution < 1.29 is 36.3 Å². The number of ketones is 1. The standard InChI is InChI=1S/C29H20BrF5N4O3/c1-38-23-13-18(29(33,34)35)25(28(42-2)17(23)14-36-38)16-5-4-10-39-21(16)7-8-22(39)27(41)15-11-19(31)26(20(32)12-15)37-24(40)6-3-9-30/h3-8,10-14H,9H2,1-2H3,(H,37,40)/b6-3+. The number of hydrogen-bond acceptors (Lipinski definition) is 4. The van der Waals surface area contributed by atoms with Crippen LogP contribution in [0.5, 0.6) is 5.75 Å². The van der Waals surface area contributed by atoms with Crippen LogP contribution in [-0.2, 0) is 18.0 Å². The van der Waals surface area contributed by atoms with Gasteiger partial charge >= 0.3 is 6.18 Å². The van der Waals surface area contributed by atoms with Gasteiger partial charge in [-0.05, 0) is 36.4 Å². The van der Waals surface area contributed by atoms with Crippen molar-refractivity contribution >= 4 is 49.7 Å². The summed E-state index contributed by atoms with van der Waals surface area (Å²) in [6.07, 6.45) is 0.596. The summed E-state index contributed by atoms with van der Waals surface area (Å²) in [4.78, 5) is 25.3. The number of fused-ring (bicyclic) bond motifs is 2. The molecule has 0 aliphatic rings. The summed E-state index contributed by atoms with van der Waals surface area (Å²) < 4.78 is 80.8. The van der Waals surface area contributed by atoms with Crippen molar-refractivity contribution in [3.8, 4) is 16.9 Å². The number of benzene rings is 2. The molecule has 5 rings (SSSR count). The van der Waals surface area contributed by atoms with Gasteiger partial charge < -0.3 is 14.5 Å². The van der Waals surface area contributed by atoms with Crippen LogP contribution in [-0.4, -0.2) is 38.3 Å². The zero-order valence-electron chi connectivity index (χ0n) is 21.9. The predicted molar refractivity (Wildman–Crippen MR) is 150 cm³/mol. The number of nitrogens with one attached hydrogen (secondary N) is 1. The SMILES string of the molecule is COc1c(-c2cccn3c(C(=O)c4cc(F)c(NC(=O)/C=C/CBr)c(F)c4)ccc23)c(C(F)(F)F)cc2c1cnn2C. The number of alkyl halides is 4. The summed E-state index contributed by atoms with van der Waals surface area (Å²) in [6.45, 7) is 0. The molecule has 0 saturated carbocycles. The molecule has 0 aliphatic heterocycles. The topological polar surface area (TPSA) is 77.6 Å². The number of methoxy groups -OCH3 is 1. The van der Waals surface area contributed by atoms with Crippen LogP contribution in [0.2, 0.25) is 0 Å². The minimum Gasteiger partial charge on any atom is -0.495 e. The second-order valence-electron chi connectivity index (χ2n) is 9.12. The maximum absolute atomic E-state index is 14.8. The van der Waals surface area contributed by atoms with Gasteiger partial charge in [0.25, 0.3) is 0 Å². The Morgan fingerprint density at radius 2 is 1.81 bits per heavy atom. The van der Waals surface area contributed by atoms with E-state index in [0.717, 1.165) is 24.3 Å². The fraction of sp³-hybridized carbons (Fsp3) is 0.138. The lowest BCUT2D eigenvalue weighted by Gasteiger charge is -2.19. The molecule has 0 saturated heterocycles. The molecule has 13 heteroatoms. The molecular formula is C29H20BrF5N4O3. The van der Waals surface area contributed by atoms with Crippen molar-refractivity contribution in [1.29, 1.82) is 0 Å². The lowest BCUT2D eigenvalue weighted by Crippen LogP contribution is -2.13. The largest absolute Gasteiger partial charge is 0.495 e. The number of carbonyl (C=O) groups excluding carboxylic acids is 2. The molecule has 216 valence electrons. The van der Waals surface area contributed by atoms with E-state index in [0.29, 0.717) is 10.7 Å². The van der Waals surface area contributed by atoms with E-state index >= 15 is 0 Å². The average Bonchev–Trinajstić information content (AvgIpc) is 3.55. The summed E-state index contributed by atoms with van der Waals surface area (Å²) in [7, 11) is 2.77. The number of aryl methyl sites for hydroxylation is 1. The van der Waals surface area contributed by atoms with E-state index in [1.165, 1.54) is 66.0 Å². The molecule has 0 spiro atoms. The molecule has 0 unspecified atom stereocenters. The normalized spacial score (nSPS) is 12.0. The molecular weight excluding hydrogens is 627 g/mol. The number of allylic oxidation sites excluding steroid dienone is 1. The number of carbonyl (C=O) groups is 2. The maximum Gasteiger partial charge on any atom is 0.417 e. The van der Waals surface area contributed by atoms with Crippen LogP contribution >= 0.6 is 15.9 Å². The third-order valence-corrected chi connectivity index (χ3v) is 6.99. The Bertz CT molecular complexity index is 1890. The van der Waals surface area contributed by atoms with E-state index in [2.05, 4.69) is 26.3 Å². The van der Waals surface area contributed by atoms with Gasteiger partial charge in [-0.1, -0.05) is 28.1 Å². The Kier molecular flexibility index (Phi) is 7.62. The number of amides is 1. The number of halogens is 6. The van der Waals surface area contributed by atoms with Gasteiger partial charge in [0, 0.05) is 41.3 Å². The number of rotatable bonds is 7. The van der Waals surface area contributed by atoms with Gasteiger partial charge in [-0.15, -0.1) is 0 Å². The lowest BCUT2D eigenvalue weighted by atomic mass is 9.95. The highest BCUT2D eigenvalue weighted by Gasteiger charge is 2.37. The van der Waals surface area contributed by atoms with Gasteiger partial charge in [0.1, 0.15) is 23.1 Å². The monoisotopic (exact) mass is 646 g/mol. The Balaban J connectivity index is 1.63. The molecule has 0 atom stereocenters. The molecule has 0 bridgehead atoms. The molecule has 5 aromatic rings. The van der Waals surface area contributed by atoms with Gasteiger partial charge in [0.15, 0.2) is 0 Å². The average molecular weight is 647 g/mol. The first kappa shape index (κ1) is 29.0. The van der Waals surface area contributed by atoms with Crippen LogP contribution in [0.25, 0.3) is 27.5 Å². The minimum absolute atomic E-state index is 0.0529. The highest BCUT2D eigenvalue weighted by Crippen LogP contribution is 2.47. The van der Waals surface area contributed by atoms with E-state index in [4.69, 9.17) is 4.74 Å². The van der Waals surface area contributed by atoms with E-state index in [1.54, 1.807) is 0 Å². The number of hydrogen-bond donors (Lipinski definition) is 1. The molecule has 3 heterocycles. The van der Waals surface area contributed by atoms with Gasteiger partial charge in [-0.25, -0.2) is 8.78 Å². The Morgan fingerprint density at radius 1 is 1.10 bits per heavy atom. The van der Waals surface area contributed by atoms with Gasteiger partial charge in [0.05, 0.1) is 41.0 Å². The second kappa shape index (κ2) is 11.0. The highest BCUT2D eigenvalue weighted by atomic mass is 79.9. The number of nitrogens with zero attached hydrogens (tertiary/aromatic N) is 3. The summed E-state index contributed by atoms with van der Waals surface area (Å²) in [5, 5.41) is 6.86. The number of aromatic nitrogens is 3. The molecule has 0 aliphatic carbocycles. The van der Waals surface area contributed by atoms with E-state index < -0.39 is 40.8 Å². The van der Waals surface area contributed by atoms with Crippen molar-refractivity contribution in [3.63, 3.8) is 0 Å². The Morgan fingerprint density at radius 3 is 2.45 bits per heavy atom. The third kappa shape index (κ3) is 5.04. The van der Waals surface area contributed by atoms with Crippen molar-refractivity contribution in [3.05, 3.63) is 95.5 Å². The zero-order chi connectivity index (χ0) is 30.3. The number of pyridine rings is 1. The first-order chi connectivity index (χ1) is 20.0. The Hall–Kier alpha value is -4.52. The van der Waals surface area contributed by atoms with Gasteiger partial charge in [0.2, 0.25) is 11.7 Å². The van der Waals surface area contributed by atoms with Crippen LogP contribution < -0.4 is 10.1 Å². The van der Waals surface area contributed by atoms with Crippen molar-refractivity contribution in [2.45, 2.75) is 6.18 Å². The second-order valence-corrected chi connectivity index (χ2v) is 9.76. The minimum atomic E-state index is -4.77. The summed E-state index contributed by atoms with van der Waals surface area (Å²) in [5.74, 6) is -3.97. The fourth-order valence-electron chi connectivity index (χ4n) is 4.79. The molecule has 0 radical (unpaired) electrons. The van der Waals surface area contributed by atoms with Crippen LogP contribution in [0.4, 0.5) is 27.6 Å². The number of anilines is 1. The van der Waals surface area contributed by atoms with Gasteiger partial charge in [-0.2, -0.15) is 18.3 Å². The molecule has 1 amide bonds. The van der Waals surface area contributed by atoms with Gasteiger partial charge in [-0.3, -0.25) is 14.3 Å². The van der Waals surface area contributed by atoms with E-state index in [-0.39, 0.29) is 39.2 Å². The predicted octanol–water partition coefficient (Wildman–Crippen LogP) is 6.92. The smallest absolute Gasteiger partial charge is 0.417 e. The molecule has 1 N–H and O–H groups in total. The van der Waals surface area contributed by atoms with Crippen LogP contribution in [0.1, 0.15) is 21.6 Å². The first-order valence-electron chi connectivity index (χ1n) is 12.2. The quantitative estimate of drug-likeness (QED) is 0.0901. The summed E-state index contributed by atoms with van der Waals surface area (Å²) in [5.41, 5.74) is -1.83. The third-order valence-electron chi connectivity index (χ3n) is 6.62. The van der Waals surface area contributed by atoms with E-state index in [1.807, 2.05) is 0 Å².